The Morgan fingerprint density at radius 3 is 2.90 bits per heavy atom. The Labute approximate surface area is 182 Å². The standard InChI is InChI=1S/C23H30FN5O2/c1-2-26-23(27-14-17-6-3-10-21(12-17)31-16-22(25)30)28-19-8-5-11-29(15-19)20-9-4-7-18(24)13-20/h3-4,6-7,9-10,12-13,19H,2,5,8,11,14-16H2,1H3,(H2,25,30)(H2,26,27,28). The van der Waals surface area contributed by atoms with E-state index in [4.69, 9.17) is 15.5 Å². The van der Waals surface area contributed by atoms with Crippen LogP contribution < -0.4 is 26.0 Å². The van der Waals surface area contributed by atoms with Crippen LogP contribution in [-0.2, 0) is 11.3 Å². The Kier molecular flexibility index (Phi) is 8.09. The maximum atomic E-state index is 13.6. The first-order chi connectivity index (χ1) is 15.0. The molecule has 3 rings (SSSR count). The van der Waals surface area contributed by atoms with E-state index in [0.29, 0.717) is 12.3 Å². The first kappa shape index (κ1) is 22.4. The number of carbonyl (C=O) groups is 1. The number of amides is 1. The number of aliphatic imine (C=N–C) groups is 1. The molecule has 1 fully saturated rings. The molecule has 0 saturated carbocycles. The van der Waals surface area contributed by atoms with Crippen LogP contribution in [0.4, 0.5) is 10.1 Å². The minimum Gasteiger partial charge on any atom is -0.484 e. The lowest BCUT2D eigenvalue weighted by molar-refractivity contribution is -0.119. The molecule has 0 spiro atoms. The van der Waals surface area contributed by atoms with Crippen LogP contribution in [0.25, 0.3) is 0 Å². The number of rotatable bonds is 8. The van der Waals surface area contributed by atoms with Crippen molar-refractivity contribution in [1.82, 2.24) is 10.6 Å². The number of hydrogen-bond acceptors (Lipinski definition) is 4. The summed E-state index contributed by atoms with van der Waals surface area (Å²) in [6, 6.07) is 14.4. The Bertz CT molecular complexity index is 905. The van der Waals surface area contributed by atoms with Gasteiger partial charge in [-0.15, -0.1) is 0 Å². The van der Waals surface area contributed by atoms with Gasteiger partial charge in [0.1, 0.15) is 11.6 Å². The largest absolute Gasteiger partial charge is 0.484 e. The molecule has 0 radical (unpaired) electrons. The van der Waals surface area contributed by atoms with Gasteiger partial charge >= 0.3 is 0 Å². The highest BCUT2D eigenvalue weighted by Gasteiger charge is 2.21. The Balaban J connectivity index is 1.61. The van der Waals surface area contributed by atoms with Gasteiger partial charge in [-0.3, -0.25) is 4.79 Å². The third kappa shape index (κ3) is 7.16. The fourth-order valence-electron chi connectivity index (χ4n) is 3.57. The molecule has 1 amide bonds. The van der Waals surface area contributed by atoms with E-state index in [-0.39, 0.29) is 18.5 Å². The number of primary amides is 1. The van der Waals surface area contributed by atoms with Crippen LogP contribution in [0.5, 0.6) is 5.75 Å². The van der Waals surface area contributed by atoms with E-state index in [1.165, 1.54) is 6.07 Å². The maximum absolute atomic E-state index is 13.6. The van der Waals surface area contributed by atoms with E-state index in [1.807, 2.05) is 31.2 Å². The van der Waals surface area contributed by atoms with Crippen molar-refractivity contribution in [2.45, 2.75) is 32.4 Å². The van der Waals surface area contributed by atoms with Crippen molar-refractivity contribution in [3.05, 3.63) is 59.9 Å². The molecule has 1 aliphatic rings. The number of nitrogens with two attached hydrogens (primary N) is 1. The average molecular weight is 428 g/mol. The van der Waals surface area contributed by atoms with Gasteiger partial charge in [0.2, 0.25) is 0 Å². The van der Waals surface area contributed by atoms with E-state index >= 15 is 0 Å². The van der Waals surface area contributed by atoms with Gasteiger partial charge in [-0.05, 0) is 55.7 Å². The molecule has 31 heavy (non-hydrogen) atoms. The summed E-state index contributed by atoms with van der Waals surface area (Å²) >= 11 is 0. The fraction of sp³-hybridized carbons (Fsp3) is 0.391. The van der Waals surface area contributed by atoms with Crippen LogP contribution in [0.1, 0.15) is 25.3 Å². The van der Waals surface area contributed by atoms with Crippen molar-refractivity contribution >= 4 is 17.6 Å². The van der Waals surface area contributed by atoms with Crippen LogP contribution >= 0.6 is 0 Å². The molecule has 0 bridgehead atoms. The molecule has 166 valence electrons. The number of carbonyl (C=O) groups excluding carboxylic acids is 1. The van der Waals surface area contributed by atoms with Gasteiger partial charge in [-0.2, -0.15) is 0 Å². The quantitative estimate of drug-likeness (QED) is 0.445. The van der Waals surface area contributed by atoms with Gasteiger partial charge in [0.15, 0.2) is 12.6 Å². The summed E-state index contributed by atoms with van der Waals surface area (Å²) < 4.78 is 19.0. The lowest BCUT2D eigenvalue weighted by atomic mass is 10.0. The van der Waals surface area contributed by atoms with Crippen LogP contribution in [0.3, 0.4) is 0 Å². The normalized spacial score (nSPS) is 16.6. The number of halogens is 1. The number of piperidine rings is 1. The monoisotopic (exact) mass is 427 g/mol. The van der Waals surface area contributed by atoms with E-state index in [1.54, 1.807) is 18.2 Å². The molecule has 1 saturated heterocycles. The summed E-state index contributed by atoms with van der Waals surface area (Å²) in [6.45, 7) is 4.77. The zero-order valence-electron chi connectivity index (χ0n) is 17.8. The van der Waals surface area contributed by atoms with Crippen LogP contribution in [0.2, 0.25) is 0 Å². The summed E-state index contributed by atoms with van der Waals surface area (Å²) in [4.78, 5) is 17.8. The van der Waals surface area contributed by atoms with E-state index in [9.17, 15) is 9.18 Å². The van der Waals surface area contributed by atoms with Crippen LogP contribution in [-0.4, -0.2) is 44.1 Å². The third-order valence-corrected chi connectivity index (χ3v) is 4.98. The zero-order valence-corrected chi connectivity index (χ0v) is 17.8. The van der Waals surface area contributed by atoms with Crippen molar-refractivity contribution in [3.63, 3.8) is 0 Å². The van der Waals surface area contributed by atoms with Crippen molar-refractivity contribution in [2.24, 2.45) is 10.7 Å². The number of anilines is 1. The smallest absolute Gasteiger partial charge is 0.255 e. The van der Waals surface area contributed by atoms with Gasteiger partial charge in [0.05, 0.1) is 6.54 Å². The minimum atomic E-state index is -0.512. The molecule has 1 atom stereocenters. The van der Waals surface area contributed by atoms with Gasteiger partial charge in [0.25, 0.3) is 5.91 Å². The molecule has 8 heteroatoms. The molecular weight excluding hydrogens is 397 g/mol. The van der Waals surface area contributed by atoms with Crippen molar-refractivity contribution in [1.29, 1.82) is 0 Å². The highest BCUT2D eigenvalue weighted by molar-refractivity contribution is 5.80. The van der Waals surface area contributed by atoms with Crippen LogP contribution in [0, 0.1) is 5.82 Å². The molecule has 1 unspecified atom stereocenters. The number of guanidine groups is 1. The maximum Gasteiger partial charge on any atom is 0.255 e. The Hall–Kier alpha value is -3.29. The zero-order chi connectivity index (χ0) is 22.1. The molecule has 1 aliphatic heterocycles. The summed E-state index contributed by atoms with van der Waals surface area (Å²) in [5.41, 5.74) is 7.00. The van der Waals surface area contributed by atoms with E-state index < -0.39 is 5.91 Å². The second kappa shape index (κ2) is 11.2. The molecule has 2 aromatic carbocycles. The highest BCUT2D eigenvalue weighted by atomic mass is 19.1. The first-order valence-corrected chi connectivity index (χ1v) is 10.6. The average Bonchev–Trinajstić information content (AvgIpc) is 2.77. The van der Waals surface area contributed by atoms with Crippen LogP contribution in [0.15, 0.2) is 53.5 Å². The van der Waals surface area contributed by atoms with E-state index in [2.05, 4.69) is 15.5 Å². The van der Waals surface area contributed by atoms with E-state index in [0.717, 1.165) is 49.7 Å². The second-order valence-electron chi connectivity index (χ2n) is 7.51. The van der Waals surface area contributed by atoms with Gasteiger partial charge in [0, 0.05) is 31.4 Å². The number of nitrogens with one attached hydrogen (secondary N) is 2. The van der Waals surface area contributed by atoms with Gasteiger partial charge < -0.3 is 26.0 Å². The minimum absolute atomic E-state index is 0.152. The fourth-order valence-corrected chi connectivity index (χ4v) is 3.57. The number of hydrogen-bond donors (Lipinski definition) is 3. The molecule has 4 N–H and O–H groups in total. The van der Waals surface area contributed by atoms with Gasteiger partial charge in [-0.1, -0.05) is 18.2 Å². The molecular formula is C23H30FN5O2. The number of benzene rings is 2. The predicted octanol–water partition coefficient (Wildman–Crippen LogP) is 2.41. The van der Waals surface area contributed by atoms with Crippen molar-refractivity contribution in [3.8, 4) is 5.75 Å². The second-order valence-corrected chi connectivity index (χ2v) is 7.51. The van der Waals surface area contributed by atoms with Crippen molar-refractivity contribution in [2.75, 3.05) is 31.1 Å². The summed E-state index contributed by atoms with van der Waals surface area (Å²) in [6.07, 6.45) is 2.04. The SMILES string of the molecule is CCNC(=NCc1cccc(OCC(N)=O)c1)NC1CCCN(c2cccc(F)c2)C1. The van der Waals surface area contributed by atoms with Crippen molar-refractivity contribution < 1.29 is 13.9 Å². The molecule has 0 aliphatic carbocycles. The summed E-state index contributed by atoms with van der Waals surface area (Å²) in [5.74, 6) is 0.589. The molecule has 7 nitrogen and oxygen atoms in total. The first-order valence-electron chi connectivity index (χ1n) is 10.6. The molecule has 0 aromatic heterocycles. The highest BCUT2D eigenvalue weighted by Crippen LogP contribution is 2.21. The number of ether oxygens (including phenoxy) is 1. The summed E-state index contributed by atoms with van der Waals surface area (Å²) in [5, 5.41) is 6.79. The lowest BCUT2D eigenvalue weighted by Crippen LogP contribution is -2.51. The van der Waals surface area contributed by atoms with Gasteiger partial charge in [-0.25, -0.2) is 9.38 Å². The molecule has 1 heterocycles. The lowest BCUT2D eigenvalue weighted by Gasteiger charge is -2.35. The third-order valence-electron chi connectivity index (χ3n) is 4.98. The topological polar surface area (TPSA) is 92.0 Å². The number of nitrogens with zero attached hydrogens (tertiary/aromatic N) is 2. The Morgan fingerprint density at radius 2 is 2.13 bits per heavy atom. The summed E-state index contributed by atoms with van der Waals surface area (Å²) in [7, 11) is 0. The Morgan fingerprint density at radius 1 is 1.29 bits per heavy atom. The predicted molar refractivity (Wildman–Crippen MR) is 121 cm³/mol. The molecule has 2 aromatic rings.